The molecular weight excluding hydrogens is 270 g/mol. The van der Waals surface area contributed by atoms with Gasteiger partial charge >= 0.3 is 0 Å². The van der Waals surface area contributed by atoms with Gasteiger partial charge in [0.1, 0.15) is 11.4 Å². The monoisotopic (exact) mass is 279 g/mol. The first-order valence-electron chi connectivity index (χ1n) is 5.84. The minimum absolute atomic E-state index is 0.634. The van der Waals surface area contributed by atoms with Gasteiger partial charge in [0.2, 0.25) is 0 Å². The van der Waals surface area contributed by atoms with Crippen molar-refractivity contribution >= 4 is 22.2 Å². The lowest BCUT2D eigenvalue weighted by Gasteiger charge is -2.01. The molecule has 0 fully saturated rings. The van der Waals surface area contributed by atoms with Crippen LogP contribution in [-0.2, 0) is 0 Å². The molecule has 96 valence electrons. The van der Waals surface area contributed by atoms with Crippen molar-refractivity contribution in [2.75, 3.05) is 5.32 Å². The summed E-state index contributed by atoms with van der Waals surface area (Å²) in [5, 5.41) is 14.6. The van der Waals surface area contributed by atoms with Crippen molar-refractivity contribution in [3.8, 4) is 17.5 Å². The summed E-state index contributed by atoms with van der Waals surface area (Å²) in [6.07, 6.45) is 4.95. The van der Waals surface area contributed by atoms with E-state index in [4.69, 9.17) is 5.26 Å². The molecule has 1 aromatic carbocycles. The van der Waals surface area contributed by atoms with Gasteiger partial charge in [0.15, 0.2) is 5.13 Å². The largest absolute Gasteiger partial charge is 0.332 e. The molecule has 20 heavy (non-hydrogen) atoms. The second-order valence-electron chi connectivity index (χ2n) is 3.94. The first-order chi connectivity index (χ1) is 9.85. The molecule has 0 unspecified atom stereocenters. The Kier molecular flexibility index (Phi) is 3.35. The maximum Gasteiger partial charge on any atom is 0.187 e. The van der Waals surface area contributed by atoms with Crippen molar-refractivity contribution in [1.29, 1.82) is 5.26 Å². The van der Waals surface area contributed by atoms with E-state index in [1.165, 1.54) is 11.3 Å². The Morgan fingerprint density at radius 1 is 1.10 bits per heavy atom. The third-order valence-corrected chi connectivity index (χ3v) is 3.35. The molecule has 0 radical (unpaired) electrons. The first kappa shape index (κ1) is 12.3. The van der Waals surface area contributed by atoms with Crippen molar-refractivity contribution in [3.63, 3.8) is 0 Å². The molecule has 5 nitrogen and oxygen atoms in total. The molecule has 6 heteroatoms. The lowest BCUT2D eigenvalue weighted by molar-refractivity contribution is 1.19. The van der Waals surface area contributed by atoms with Crippen LogP contribution in [-0.4, -0.2) is 15.0 Å². The number of nitrogens with one attached hydrogen (secondary N) is 1. The highest BCUT2D eigenvalue weighted by Crippen LogP contribution is 2.25. The number of aromatic nitrogens is 3. The molecule has 0 spiro atoms. The SMILES string of the molecule is N#Cc1ccc(Nc2nc(-c3cnccn3)cs2)cc1. The Labute approximate surface area is 119 Å². The topological polar surface area (TPSA) is 74.5 Å². The highest BCUT2D eigenvalue weighted by atomic mass is 32.1. The van der Waals surface area contributed by atoms with E-state index in [0.717, 1.165) is 22.2 Å². The average molecular weight is 279 g/mol. The fraction of sp³-hybridized carbons (Fsp3) is 0. The first-order valence-corrected chi connectivity index (χ1v) is 6.72. The molecule has 0 aliphatic heterocycles. The van der Waals surface area contributed by atoms with Crippen LogP contribution in [0.25, 0.3) is 11.4 Å². The average Bonchev–Trinajstić information content (AvgIpc) is 2.97. The quantitative estimate of drug-likeness (QED) is 0.796. The van der Waals surface area contributed by atoms with Gasteiger partial charge in [0.05, 0.1) is 17.8 Å². The number of anilines is 2. The van der Waals surface area contributed by atoms with Crippen LogP contribution in [0, 0.1) is 11.3 Å². The number of thiazole rings is 1. The van der Waals surface area contributed by atoms with Crippen molar-refractivity contribution in [2.45, 2.75) is 0 Å². The number of rotatable bonds is 3. The lowest BCUT2D eigenvalue weighted by Crippen LogP contribution is -1.90. The molecule has 2 heterocycles. The van der Waals surface area contributed by atoms with Crippen molar-refractivity contribution in [1.82, 2.24) is 15.0 Å². The molecule has 0 aliphatic carbocycles. The van der Waals surface area contributed by atoms with Crippen LogP contribution in [0.15, 0.2) is 48.2 Å². The van der Waals surface area contributed by atoms with Gasteiger partial charge in [-0.25, -0.2) is 4.98 Å². The third kappa shape index (κ3) is 2.63. The zero-order chi connectivity index (χ0) is 13.8. The number of benzene rings is 1. The molecule has 3 aromatic rings. The minimum Gasteiger partial charge on any atom is -0.332 e. The van der Waals surface area contributed by atoms with Crippen molar-refractivity contribution < 1.29 is 0 Å². The summed E-state index contributed by atoms with van der Waals surface area (Å²) in [6.45, 7) is 0. The summed E-state index contributed by atoms with van der Waals surface area (Å²) in [5.41, 5.74) is 3.06. The summed E-state index contributed by atoms with van der Waals surface area (Å²) in [5.74, 6) is 0. The van der Waals surface area contributed by atoms with Gasteiger partial charge in [0.25, 0.3) is 0 Å². The van der Waals surface area contributed by atoms with E-state index in [-0.39, 0.29) is 0 Å². The third-order valence-electron chi connectivity index (χ3n) is 2.60. The van der Waals surface area contributed by atoms with Gasteiger partial charge in [0, 0.05) is 23.5 Å². The van der Waals surface area contributed by atoms with E-state index >= 15 is 0 Å². The van der Waals surface area contributed by atoms with Crippen LogP contribution in [0.2, 0.25) is 0 Å². The van der Waals surface area contributed by atoms with Crippen molar-refractivity contribution in [3.05, 3.63) is 53.8 Å². The summed E-state index contributed by atoms with van der Waals surface area (Å²) >= 11 is 1.49. The van der Waals surface area contributed by atoms with Gasteiger partial charge in [-0.15, -0.1) is 11.3 Å². The summed E-state index contributed by atoms with van der Waals surface area (Å²) in [4.78, 5) is 12.7. The number of nitrogens with zero attached hydrogens (tertiary/aromatic N) is 4. The van der Waals surface area contributed by atoms with Crippen LogP contribution < -0.4 is 5.32 Å². The van der Waals surface area contributed by atoms with Gasteiger partial charge in [-0.1, -0.05) is 0 Å². The second kappa shape index (κ2) is 5.47. The predicted octanol–water partition coefficient (Wildman–Crippen LogP) is 3.22. The van der Waals surface area contributed by atoms with Crippen LogP contribution in [0.4, 0.5) is 10.8 Å². The van der Waals surface area contributed by atoms with Crippen LogP contribution >= 0.6 is 11.3 Å². The van der Waals surface area contributed by atoms with E-state index in [0.29, 0.717) is 5.56 Å². The van der Waals surface area contributed by atoms with E-state index in [9.17, 15) is 0 Å². The number of hydrogen-bond donors (Lipinski definition) is 1. The predicted molar refractivity (Wildman–Crippen MR) is 77.6 cm³/mol. The van der Waals surface area contributed by atoms with Gasteiger partial charge in [-0.3, -0.25) is 9.97 Å². The maximum absolute atomic E-state index is 8.75. The number of nitriles is 1. The normalized spacial score (nSPS) is 9.95. The Balaban J connectivity index is 1.79. The highest BCUT2D eigenvalue weighted by Gasteiger charge is 2.05. The highest BCUT2D eigenvalue weighted by molar-refractivity contribution is 7.14. The molecule has 0 amide bonds. The van der Waals surface area contributed by atoms with E-state index in [1.807, 2.05) is 17.5 Å². The molecule has 0 saturated heterocycles. The van der Waals surface area contributed by atoms with E-state index < -0.39 is 0 Å². The Hall–Kier alpha value is -2.78. The van der Waals surface area contributed by atoms with Gasteiger partial charge in [-0.2, -0.15) is 5.26 Å². The Bertz CT molecular complexity index is 743. The molecular formula is C14H9N5S. The smallest absolute Gasteiger partial charge is 0.187 e. The molecule has 1 N–H and O–H groups in total. The molecule has 0 aliphatic rings. The van der Waals surface area contributed by atoms with Crippen LogP contribution in [0.1, 0.15) is 5.56 Å². The summed E-state index contributed by atoms with van der Waals surface area (Å²) in [7, 11) is 0. The number of hydrogen-bond acceptors (Lipinski definition) is 6. The summed E-state index contributed by atoms with van der Waals surface area (Å²) in [6, 6.07) is 9.31. The fourth-order valence-corrected chi connectivity index (χ4v) is 2.36. The minimum atomic E-state index is 0.634. The molecule has 0 saturated carbocycles. The Morgan fingerprint density at radius 3 is 2.65 bits per heavy atom. The zero-order valence-corrected chi connectivity index (χ0v) is 11.1. The molecule has 0 bridgehead atoms. The lowest BCUT2D eigenvalue weighted by atomic mass is 10.2. The van der Waals surface area contributed by atoms with Gasteiger partial charge in [-0.05, 0) is 24.3 Å². The van der Waals surface area contributed by atoms with Gasteiger partial charge < -0.3 is 5.32 Å². The van der Waals surface area contributed by atoms with Crippen LogP contribution in [0.5, 0.6) is 0 Å². The van der Waals surface area contributed by atoms with E-state index in [1.54, 1.807) is 30.7 Å². The van der Waals surface area contributed by atoms with Crippen LogP contribution in [0.3, 0.4) is 0 Å². The zero-order valence-electron chi connectivity index (χ0n) is 10.3. The molecule has 0 atom stereocenters. The standard InChI is InChI=1S/C14H9N5S/c15-7-10-1-3-11(4-2-10)18-14-19-13(9-20-14)12-8-16-5-6-17-12/h1-6,8-9H,(H,18,19). The van der Waals surface area contributed by atoms with E-state index in [2.05, 4.69) is 26.3 Å². The Morgan fingerprint density at radius 2 is 1.95 bits per heavy atom. The maximum atomic E-state index is 8.75. The summed E-state index contributed by atoms with van der Waals surface area (Å²) < 4.78 is 0. The van der Waals surface area contributed by atoms with Crippen molar-refractivity contribution in [2.24, 2.45) is 0 Å². The second-order valence-corrected chi connectivity index (χ2v) is 4.80. The fourth-order valence-electron chi connectivity index (χ4n) is 1.63. The molecule has 3 rings (SSSR count). The molecule has 2 aromatic heterocycles.